The second kappa shape index (κ2) is 11.8. The molecule has 0 atom stereocenters. The maximum Gasteiger partial charge on any atom is 0.422 e. The Balaban J connectivity index is 1.17. The molecule has 4 rings (SSSR count). The van der Waals surface area contributed by atoms with Gasteiger partial charge in [0.1, 0.15) is 5.69 Å². The van der Waals surface area contributed by atoms with E-state index < -0.39 is 30.8 Å². The molecule has 12 heteroatoms. The topological polar surface area (TPSA) is 67.4 Å². The van der Waals surface area contributed by atoms with E-state index in [2.05, 4.69) is 20.2 Å². The van der Waals surface area contributed by atoms with Crippen LogP contribution in [0.2, 0.25) is 0 Å². The van der Waals surface area contributed by atoms with E-state index in [4.69, 9.17) is 4.74 Å². The number of pyridine rings is 1. The second-order valence-corrected chi connectivity index (χ2v) is 10.4. The number of alkyl halides is 5. The van der Waals surface area contributed by atoms with E-state index in [1.807, 2.05) is 0 Å². The number of halogens is 5. The van der Waals surface area contributed by atoms with Gasteiger partial charge in [0.25, 0.3) is 17.5 Å². The molecule has 2 aliphatic rings. The van der Waals surface area contributed by atoms with Gasteiger partial charge in [0.05, 0.1) is 11.3 Å². The number of rotatable bonds is 8. The van der Waals surface area contributed by atoms with Crippen LogP contribution in [-0.4, -0.2) is 59.2 Å². The van der Waals surface area contributed by atoms with Gasteiger partial charge in [-0.15, -0.1) is 0 Å². The first-order chi connectivity index (χ1) is 17.2. The fourth-order valence-electron chi connectivity index (χ4n) is 4.82. The lowest BCUT2D eigenvalue weighted by Crippen LogP contribution is -2.38. The summed E-state index contributed by atoms with van der Waals surface area (Å²) in [5.41, 5.74) is 0.271. The van der Waals surface area contributed by atoms with Gasteiger partial charge in [0.15, 0.2) is 6.61 Å². The zero-order valence-corrected chi connectivity index (χ0v) is 20.5. The average Bonchev–Trinajstić information content (AvgIpc) is 3.15. The second-order valence-electron chi connectivity index (χ2n) is 9.31. The van der Waals surface area contributed by atoms with E-state index in [-0.39, 0.29) is 16.8 Å². The smallest absolute Gasteiger partial charge is 0.422 e. The molecular formula is C24H29F5N4O2S. The van der Waals surface area contributed by atoms with Gasteiger partial charge in [0.2, 0.25) is 0 Å². The van der Waals surface area contributed by atoms with Crippen molar-refractivity contribution in [3.05, 3.63) is 40.2 Å². The van der Waals surface area contributed by atoms with Crippen molar-refractivity contribution in [1.29, 1.82) is 0 Å². The highest BCUT2D eigenvalue weighted by Crippen LogP contribution is 2.31. The van der Waals surface area contributed by atoms with E-state index in [0.29, 0.717) is 12.3 Å². The monoisotopic (exact) mass is 532 g/mol. The number of fused-ring (bicyclic) bond motifs is 1. The third-order valence-electron chi connectivity index (χ3n) is 6.76. The zero-order chi connectivity index (χ0) is 25.7. The third kappa shape index (κ3) is 7.34. The van der Waals surface area contributed by atoms with Gasteiger partial charge >= 0.3 is 6.18 Å². The lowest BCUT2D eigenvalue weighted by molar-refractivity contribution is -0.153. The number of thiazole rings is 1. The van der Waals surface area contributed by atoms with Crippen molar-refractivity contribution in [2.45, 2.75) is 63.6 Å². The summed E-state index contributed by atoms with van der Waals surface area (Å²) in [5, 5.41) is 2.98. The van der Waals surface area contributed by atoms with Gasteiger partial charge in [0, 0.05) is 36.6 Å². The first-order valence-electron chi connectivity index (χ1n) is 12.1. The molecule has 198 valence electrons. The van der Waals surface area contributed by atoms with Crippen molar-refractivity contribution in [2.75, 3.05) is 26.2 Å². The molecule has 36 heavy (non-hydrogen) atoms. The highest BCUT2D eigenvalue weighted by molar-refractivity contribution is 7.13. The Bertz CT molecular complexity index is 999. The highest BCUT2D eigenvalue weighted by atomic mass is 32.1. The summed E-state index contributed by atoms with van der Waals surface area (Å²) in [5.74, 6) is 0.0328. The quantitative estimate of drug-likeness (QED) is 0.474. The molecule has 0 saturated heterocycles. The molecule has 2 aromatic heterocycles. The molecule has 6 nitrogen and oxygen atoms in total. The van der Waals surface area contributed by atoms with E-state index in [9.17, 15) is 26.7 Å². The van der Waals surface area contributed by atoms with E-state index in [1.165, 1.54) is 29.7 Å². The Hall–Kier alpha value is -2.34. The van der Waals surface area contributed by atoms with Crippen molar-refractivity contribution >= 4 is 17.2 Å². The van der Waals surface area contributed by atoms with Gasteiger partial charge in [-0.05, 0) is 63.1 Å². The molecule has 3 heterocycles. The van der Waals surface area contributed by atoms with E-state index in [1.54, 1.807) is 0 Å². The van der Waals surface area contributed by atoms with Crippen molar-refractivity contribution in [3.8, 4) is 5.19 Å². The number of carbonyl (C=O) groups is 1. The molecule has 0 aromatic carbocycles. The Labute approximate surface area is 210 Å². The Morgan fingerprint density at radius 1 is 1.19 bits per heavy atom. The maximum absolute atomic E-state index is 13.1. The number of carbonyl (C=O) groups excluding carboxylic acids is 1. The summed E-state index contributed by atoms with van der Waals surface area (Å²) >= 11 is 1.20. The summed E-state index contributed by atoms with van der Waals surface area (Å²) in [6, 6.07) is 2.83. The van der Waals surface area contributed by atoms with Crippen molar-refractivity contribution in [3.63, 3.8) is 0 Å². The van der Waals surface area contributed by atoms with Crippen molar-refractivity contribution < 1.29 is 31.5 Å². The Morgan fingerprint density at radius 3 is 2.67 bits per heavy atom. The molecule has 0 bridgehead atoms. The van der Waals surface area contributed by atoms with Crippen molar-refractivity contribution in [2.24, 2.45) is 5.92 Å². The van der Waals surface area contributed by atoms with Crippen LogP contribution in [0.5, 0.6) is 5.19 Å². The van der Waals surface area contributed by atoms with Crippen LogP contribution in [-0.2, 0) is 12.8 Å². The Kier molecular flexibility index (Phi) is 8.76. The maximum atomic E-state index is 13.1. The molecule has 1 saturated carbocycles. The van der Waals surface area contributed by atoms with Crippen LogP contribution in [0.1, 0.15) is 65.2 Å². The third-order valence-corrected chi connectivity index (χ3v) is 7.83. The summed E-state index contributed by atoms with van der Waals surface area (Å²) in [7, 11) is 0. The van der Waals surface area contributed by atoms with Crippen LogP contribution < -0.4 is 10.1 Å². The summed E-state index contributed by atoms with van der Waals surface area (Å²) in [4.78, 5) is 23.8. The summed E-state index contributed by atoms with van der Waals surface area (Å²) < 4.78 is 68.2. The zero-order valence-electron chi connectivity index (χ0n) is 19.7. The van der Waals surface area contributed by atoms with Gasteiger partial charge in [-0.3, -0.25) is 9.78 Å². The normalized spacial score (nSPS) is 21.2. The lowest BCUT2D eigenvalue weighted by Gasteiger charge is -2.31. The van der Waals surface area contributed by atoms with Crippen LogP contribution in [0, 0.1) is 5.92 Å². The average molecular weight is 533 g/mol. The van der Waals surface area contributed by atoms with Gasteiger partial charge < -0.3 is 15.0 Å². The molecular weight excluding hydrogens is 503 g/mol. The molecule has 1 amide bonds. The predicted molar refractivity (Wildman–Crippen MR) is 125 cm³/mol. The first kappa shape index (κ1) is 26.7. The van der Waals surface area contributed by atoms with Crippen LogP contribution in [0.15, 0.2) is 18.3 Å². The van der Waals surface area contributed by atoms with E-state index >= 15 is 0 Å². The van der Waals surface area contributed by atoms with Gasteiger partial charge in [-0.25, -0.2) is 13.8 Å². The molecule has 1 aliphatic heterocycles. The number of nitrogens with zero attached hydrogens (tertiary/aromatic N) is 3. The standard InChI is InChI=1S/C24H29F5N4O2S/c25-21(26)20-17(2-1-10-30-20)22(34)31-16-5-3-15(4-6-16)7-11-33-12-8-18-19(9-13-33)36-23(32-18)35-14-24(27,28)29/h1-2,10,15-16,21H,3-9,11-14H2,(H,31,34). The van der Waals surface area contributed by atoms with Gasteiger partial charge in [-0.2, -0.15) is 13.2 Å². The van der Waals surface area contributed by atoms with Crippen LogP contribution in [0.4, 0.5) is 22.0 Å². The molecule has 1 fully saturated rings. The lowest BCUT2D eigenvalue weighted by atomic mass is 9.84. The SMILES string of the molecule is O=C(NC1CCC(CCN2CCc3nc(OCC(F)(F)F)sc3CC2)CC1)c1cccnc1C(F)F. The van der Waals surface area contributed by atoms with Crippen LogP contribution in [0.25, 0.3) is 0 Å². The number of aromatic nitrogens is 2. The minimum absolute atomic E-state index is 0.0338. The number of nitrogens with one attached hydrogen (secondary N) is 1. The largest absolute Gasteiger partial charge is 0.460 e. The Morgan fingerprint density at radius 2 is 1.94 bits per heavy atom. The van der Waals surface area contributed by atoms with Crippen LogP contribution >= 0.6 is 11.3 Å². The highest BCUT2D eigenvalue weighted by Gasteiger charge is 2.30. The summed E-state index contributed by atoms with van der Waals surface area (Å²) in [6.45, 7) is 1.24. The number of ether oxygens (including phenoxy) is 1. The molecule has 0 unspecified atom stereocenters. The molecule has 1 N–H and O–H groups in total. The first-order valence-corrected chi connectivity index (χ1v) is 12.9. The summed E-state index contributed by atoms with van der Waals surface area (Å²) in [6.07, 6.45) is 0.0874. The minimum Gasteiger partial charge on any atom is -0.460 e. The van der Waals surface area contributed by atoms with Crippen molar-refractivity contribution in [1.82, 2.24) is 20.2 Å². The minimum atomic E-state index is -4.37. The molecule has 0 radical (unpaired) electrons. The van der Waals surface area contributed by atoms with Gasteiger partial charge in [-0.1, -0.05) is 11.3 Å². The molecule has 0 spiro atoms. The number of hydrogen-bond acceptors (Lipinski definition) is 6. The molecule has 1 aliphatic carbocycles. The molecule has 2 aromatic rings. The number of hydrogen-bond donors (Lipinski definition) is 1. The van der Waals surface area contributed by atoms with E-state index in [0.717, 1.165) is 68.7 Å². The fourth-order valence-corrected chi connectivity index (χ4v) is 5.77. The van der Waals surface area contributed by atoms with Crippen LogP contribution in [0.3, 0.4) is 0 Å². The fraction of sp³-hybridized carbons (Fsp3) is 0.625. The number of amides is 1. The predicted octanol–water partition coefficient (Wildman–Crippen LogP) is 5.20.